The van der Waals surface area contributed by atoms with Crippen LogP contribution >= 0.6 is 0 Å². The second-order valence-corrected chi connectivity index (χ2v) is 8.97. The average molecular weight is 444 g/mol. The molecular weight excluding hydrogens is 410 g/mol. The van der Waals surface area contributed by atoms with Crippen LogP contribution in [0.1, 0.15) is 28.7 Å². The van der Waals surface area contributed by atoms with Crippen LogP contribution in [-0.4, -0.2) is 47.1 Å². The van der Waals surface area contributed by atoms with Gasteiger partial charge >= 0.3 is 6.03 Å². The Morgan fingerprint density at radius 3 is 2.27 bits per heavy atom. The van der Waals surface area contributed by atoms with Crippen molar-refractivity contribution < 1.29 is 9.90 Å². The van der Waals surface area contributed by atoms with Gasteiger partial charge in [-0.3, -0.25) is 0 Å². The molecular formula is C28H33N3O2. The molecule has 0 aliphatic heterocycles. The average Bonchev–Trinajstić information content (AvgIpc) is 2.83. The third-order valence-corrected chi connectivity index (χ3v) is 6.30. The molecule has 172 valence electrons. The van der Waals surface area contributed by atoms with Crippen molar-refractivity contribution in [3.8, 4) is 5.75 Å². The maximum Gasteiger partial charge on any atom is 0.317 e. The lowest BCUT2D eigenvalue weighted by Crippen LogP contribution is -2.48. The highest BCUT2D eigenvalue weighted by atomic mass is 16.3. The highest BCUT2D eigenvalue weighted by Crippen LogP contribution is 2.25. The normalized spacial score (nSPS) is 15.2. The number of urea groups is 1. The van der Waals surface area contributed by atoms with Gasteiger partial charge in [0.1, 0.15) is 5.75 Å². The number of phenolic OH excluding ortho intramolecular Hbond substituents is 1. The van der Waals surface area contributed by atoms with Gasteiger partial charge in [-0.2, -0.15) is 0 Å². The van der Waals surface area contributed by atoms with Crippen molar-refractivity contribution in [2.24, 2.45) is 0 Å². The summed E-state index contributed by atoms with van der Waals surface area (Å²) in [7, 11) is 2.10. The fourth-order valence-electron chi connectivity index (χ4n) is 4.45. The topological polar surface area (TPSA) is 55.8 Å². The third kappa shape index (κ3) is 6.59. The third-order valence-electron chi connectivity index (χ3n) is 6.30. The highest BCUT2D eigenvalue weighted by Gasteiger charge is 2.23. The molecule has 1 atom stereocenters. The van der Waals surface area contributed by atoms with E-state index in [4.69, 9.17) is 0 Å². The summed E-state index contributed by atoms with van der Waals surface area (Å²) in [6, 6.07) is 26.2. The SMILES string of the molecule is CN(CCN(Cc1ccccc1)C(=O)NC1CCc2cc(O)ccc2C1)Cc1ccccc1. The first kappa shape index (κ1) is 22.9. The maximum absolute atomic E-state index is 13.3. The molecule has 33 heavy (non-hydrogen) atoms. The zero-order valence-electron chi connectivity index (χ0n) is 19.3. The van der Waals surface area contributed by atoms with Gasteiger partial charge in [0.05, 0.1) is 0 Å². The molecule has 5 heteroatoms. The number of nitrogens with zero attached hydrogens (tertiary/aromatic N) is 2. The van der Waals surface area contributed by atoms with Gasteiger partial charge in [-0.05, 0) is 60.7 Å². The van der Waals surface area contributed by atoms with Crippen molar-refractivity contribution in [2.75, 3.05) is 20.1 Å². The number of likely N-dealkylation sites (N-methyl/N-ethyl adjacent to an activating group) is 1. The lowest BCUT2D eigenvalue weighted by atomic mass is 9.88. The number of carbonyl (C=O) groups is 1. The van der Waals surface area contributed by atoms with Crippen LogP contribution in [0.4, 0.5) is 4.79 Å². The van der Waals surface area contributed by atoms with Crippen molar-refractivity contribution >= 4 is 6.03 Å². The smallest absolute Gasteiger partial charge is 0.317 e. The minimum atomic E-state index is -0.0146. The van der Waals surface area contributed by atoms with Crippen LogP contribution in [0.3, 0.4) is 0 Å². The fourth-order valence-corrected chi connectivity index (χ4v) is 4.45. The number of phenols is 1. The molecule has 1 aliphatic carbocycles. The minimum Gasteiger partial charge on any atom is -0.508 e. The van der Waals surface area contributed by atoms with E-state index in [1.54, 1.807) is 6.07 Å². The van der Waals surface area contributed by atoms with Gasteiger partial charge < -0.3 is 20.2 Å². The second kappa shape index (κ2) is 11.0. The Bertz CT molecular complexity index is 1040. The van der Waals surface area contributed by atoms with Gasteiger partial charge in [-0.15, -0.1) is 0 Å². The van der Waals surface area contributed by atoms with Crippen molar-refractivity contribution in [2.45, 2.75) is 38.4 Å². The summed E-state index contributed by atoms with van der Waals surface area (Å²) in [5.41, 5.74) is 4.79. The molecule has 1 aliphatic rings. The predicted molar refractivity (Wildman–Crippen MR) is 132 cm³/mol. The van der Waals surface area contributed by atoms with Crippen molar-refractivity contribution in [1.82, 2.24) is 15.1 Å². The Kier molecular flexibility index (Phi) is 7.63. The van der Waals surface area contributed by atoms with Crippen molar-refractivity contribution in [3.05, 3.63) is 101 Å². The van der Waals surface area contributed by atoms with E-state index in [9.17, 15) is 9.90 Å². The molecule has 0 saturated carbocycles. The number of aryl methyl sites for hydroxylation is 1. The number of hydrogen-bond donors (Lipinski definition) is 2. The second-order valence-electron chi connectivity index (χ2n) is 8.97. The largest absolute Gasteiger partial charge is 0.508 e. The molecule has 0 bridgehead atoms. The van der Waals surface area contributed by atoms with E-state index in [-0.39, 0.29) is 12.1 Å². The number of fused-ring (bicyclic) bond motifs is 1. The van der Waals surface area contributed by atoms with Gasteiger partial charge in [-0.1, -0.05) is 66.7 Å². The van der Waals surface area contributed by atoms with Crippen LogP contribution in [0.15, 0.2) is 78.9 Å². The first-order valence-corrected chi connectivity index (χ1v) is 11.7. The maximum atomic E-state index is 13.3. The Balaban J connectivity index is 1.38. The molecule has 4 rings (SSSR count). The quantitative estimate of drug-likeness (QED) is 0.535. The van der Waals surface area contributed by atoms with Gasteiger partial charge in [0, 0.05) is 32.2 Å². The Hall–Kier alpha value is -3.31. The predicted octanol–water partition coefficient (Wildman–Crippen LogP) is 4.59. The van der Waals surface area contributed by atoms with E-state index < -0.39 is 0 Å². The molecule has 0 aromatic heterocycles. The zero-order chi connectivity index (χ0) is 23.0. The lowest BCUT2D eigenvalue weighted by Gasteiger charge is -2.30. The molecule has 0 radical (unpaired) electrons. The first-order chi connectivity index (χ1) is 16.1. The summed E-state index contributed by atoms with van der Waals surface area (Å²) in [5.74, 6) is 0.310. The van der Waals surface area contributed by atoms with Crippen LogP contribution in [0.25, 0.3) is 0 Å². The van der Waals surface area contributed by atoms with Crippen molar-refractivity contribution in [3.63, 3.8) is 0 Å². The number of amides is 2. The Labute approximate surface area is 196 Å². The molecule has 3 aromatic rings. The van der Waals surface area contributed by atoms with E-state index in [0.717, 1.165) is 37.9 Å². The molecule has 0 fully saturated rings. The summed E-state index contributed by atoms with van der Waals surface area (Å²) in [6.07, 6.45) is 2.55. The van der Waals surface area contributed by atoms with Gasteiger partial charge in [0.15, 0.2) is 0 Å². The number of benzene rings is 3. The molecule has 0 saturated heterocycles. The summed E-state index contributed by atoms with van der Waals surface area (Å²) >= 11 is 0. The number of aromatic hydroxyl groups is 1. The van der Waals surface area contributed by atoms with Gasteiger partial charge in [0.25, 0.3) is 0 Å². The molecule has 5 nitrogen and oxygen atoms in total. The summed E-state index contributed by atoms with van der Waals surface area (Å²) in [4.78, 5) is 17.5. The number of rotatable bonds is 8. The van der Waals surface area contributed by atoms with E-state index in [1.807, 2.05) is 41.3 Å². The standard InChI is InChI=1S/C28H33N3O2/c1-30(20-22-8-4-2-5-9-22)16-17-31(21-23-10-6-3-7-11-23)28(33)29-26-14-12-25-19-27(32)15-13-24(25)18-26/h2-11,13,15,19,26,32H,12,14,16-18,20-21H2,1H3,(H,29,33). The molecule has 3 aromatic carbocycles. The van der Waals surface area contributed by atoms with Gasteiger partial charge in [0.2, 0.25) is 0 Å². The molecule has 2 N–H and O–H groups in total. The van der Waals surface area contributed by atoms with Crippen LogP contribution < -0.4 is 5.32 Å². The van der Waals surface area contributed by atoms with E-state index in [0.29, 0.717) is 18.8 Å². The monoisotopic (exact) mass is 443 g/mol. The van der Waals surface area contributed by atoms with Crippen LogP contribution in [0, 0.1) is 0 Å². The summed E-state index contributed by atoms with van der Waals surface area (Å²) in [6.45, 7) is 2.89. The number of hydrogen-bond acceptors (Lipinski definition) is 3. The molecule has 2 amide bonds. The first-order valence-electron chi connectivity index (χ1n) is 11.7. The molecule has 1 unspecified atom stereocenters. The van der Waals surface area contributed by atoms with E-state index in [1.165, 1.54) is 16.7 Å². The highest BCUT2D eigenvalue weighted by molar-refractivity contribution is 5.74. The van der Waals surface area contributed by atoms with E-state index in [2.05, 4.69) is 53.7 Å². The number of nitrogens with one attached hydrogen (secondary N) is 1. The molecule has 0 heterocycles. The van der Waals surface area contributed by atoms with E-state index >= 15 is 0 Å². The zero-order valence-corrected chi connectivity index (χ0v) is 19.3. The van der Waals surface area contributed by atoms with Crippen LogP contribution in [0.2, 0.25) is 0 Å². The van der Waals surface area contributed by atoms with Crippen LogP contribution in [0.5, 0.6) is 5.75 Å². The Morgan fingerprint density at radius 1 is 0.909 bits per heavy atom. The number of carbonyl (C=O) groups excluding carboxylic acids is 1. The van der Waals surface area contributed by atoms with Crippen LogP contribution in [-0.2, 0) is 25.9 Å². The summed E-state index contributed by atoms with van der Waals surface area (Å²) in [5, 5.41) is 13.0. The lowest BCUT2D eigenvalue weighted by molar-refractivity contribution is 0.179. The minimum absolute atomic E-state index is 0.0146. The van der Waals surface area contributed by atoms with Crippen molar-refractivity contribution in [1.29, 1.82) is 0 Å². The van der Waals surface area contributed by atoms with Gasteiger partial charge in [-0.25, -0.2) is 4.79 Å². The molecule has 0 spiro atoms. The summed E-state index contributed by atoms with van der Waals surface area (Å²) < 4.78 is 0. The fraction of sp³-hybridized carbons (Fsp3) is 0.321. The Morgan fingerprint density at radius 2 is 1.58 bits per heavy atom.